The molecule has 4 unspecified atom stereocenters. The average molecular weight is 226 g/mol. The Morgan fingerprint density at radius 2 is 1.69 bits per heavy atom. The molecule has 0 aromatic rings. The molecule has 1 fully saturated rings. The minimum absolute atomic E-state index is 0.0493. The number of aliphatic hydroxyl groups is 2. The Hall–Kier alpha value is -0.340. The Kier molecular flexibility index (Phi) is 5.50. The van der Waals surface area contributed by atoms with E-state index in [1.807, 2.05) is 13.8 Å². The molecule has 0 aromatic carbocycles. The molecule has 2 nitrogen and oxygen atoms in total. The monoisotopic (exact) mass is 226 g/mol. The summed E-state index contributed by atoms with van der Waals surface area (Å²) in [6, 6.07) is 0. The van der Waals surface area contributed by atoms with E-state index in [9.17, 15) is 10.2 Å². The minimum Gasteiger partial charge on any atom is -0.392 e. The van der Waals surface area contributed by atoms with Crippen molar-refractivity contribution in [1.82, 2.24) is 0 Å². The fourth-order valence-corrected chi connectivity index (χ4v) is 2.73. The molecule has 2 heteroatoms. The molecular weight excluding hydrogens is 200 g/mol. The van der Waals surface area contributed by atoms with Crippen LogP contribution in [0.4, 0.5) is 0 Å². The first kappa shape index (κ1) is 13.7. The lowest BCUT2D eigenvalue weighted by Crippen LogP contribution is -2.38. The molecule has 0 aliphatic heterocycles. The van der Waals surface area contributed by atoms with Gasteiger partial charge in [-0.05, 0) is 18.8 Å². The predicted molar refractivity (Wildman–Crippen MR) is 67.1 cm³/mol. The molecule has 0 radical (unpaired) electrons. The van der Waals surface area contributed by atoms with Crippen LogP contribution >= 0.6 is 0 Å². The van der Waals surface area contributed by atoms with E-state index in [-0.39, 0.29) is 17.9 Å². The van der Waals surface area contributed by atoms with Crippen molar-refractivity contribution in [1.29, 1.82) is 0 Å². The maximum absolute atomic E-state index is 10.3. The summed E-state index contributed by atoms with van der Waals surface area (Å²) in [5.41, 5.74) is 0. The highest BCUT2D eigenvalue weighted by atomic mass is 16.3. The Morgan fingerprint density at radius 1 is 1.12 bits per heavy atom. The molecule has 0 aromatic heterocycles. The molecule has 1 saturated carbocycles. The van der Waals surface area contributed by atoms with Crippen LogP contribution in [0.15, 0.2) is 12.7 Å². The van der Waals surface area contributed by atoms with Gasteiger partial charge in [-0.25, -0.2) is 0 Å². The van der Waals surface area contributed by atoms with Gasteiger partial charge < -0.3 is 10.2 Å². The Labute approximate surface area is 99.4 Å². The lowest BCUT2D eigenvalue weighted by molar-refractivity contribution is -0.0316. The normalized spacial score (nSPS) is 25.8. The molecule has 1 rings (SSSR count). The van der Waals surface area contributed by atoms with Crippen LogP contribution in [0.25, 0.3) is 0 Å². The van der Waals surface area contributed by atoms with Gasteiger partial charge in [0.25, 0.3) is 0 Å². The molecule has 16 heavy (non-hydrogen) atoms. The van der Waals surface area contributed by atoms with Crippen LogP contribution in [-0.2, 0) is 0 Å². The van der Waals surface area contributed by atoms with Gasteiger partial charge in [0.1, 0.15) is 0 Å². The van der Waals surface area contributed by atoms with Gasteiger partial charge in [0.2, 0.25) is 0 Å². The van der Waals surface area contributed by atoms with Crippen molar-refractivity contribution in [2.45, 2.75) is 58.2 Å². The van der Waals surface area contributed by atoms with Crippen LogP contribution < -0.4 is 0 Å². The van der Waals surface area contributed by atoms with Crippen molar-refractivity contribution in [2.75, 3.05) is 0 Å². The van der Waals surface area contributed by atoms with Crippen molar-refractivity contribution < 1.29 is 10.2 Å². The van der Waals surface area contributed by atoms with E-state index >= 15 is 0 Å². The van der Waals surface area contributed by atoms with E-state index < -0.39 is 6.10 Å². The number of aliphatic hydroxyl groups excluding tert-OH is 2. The predicted octanol–water partition coefficient (Wildman–Crippen LogP) is 2.75. The Bertz CT molecular complexity index is 209. The largest absolute Gasteiger partial charge is 0.392 e. The van der Waals surface area contributed by atoms with Crippen molar-refractivity contribution >= 4 is 0 Å². The van der Waals surface area contributed by atoms with E-state index in [1.54, 1.807) is 6.08 Å². The number of hydrogen-bond acceptors (Lipinski definition) is 2. The van der Waals surface area contributed by atoms with Crippen LogP contribution in [0.5, 0.6) is 0 Å². The fourth-order valence-electron chi connectivity index (χ4n) is 2.73. The van der Waals surface area contributed by atoms with Gasteiger partial charge in [-0.2, -0.15) is 0 Å². The Balaban J connectivity index is 2.50. The second kappa shape index (κ2) is 6.41. The van der Waals surface area contributed by atoms with Crippen LogP contribution in [-0.4, -0.2) is 22.4 Å². The maximum atomic E-state index is 10.3. The molecule has 4 atom stereocenters. The van der Waals surface area contributed by atoms with Crippen molar-refractivity contribution in [3.8, 4) is 0 Å². The summed E-state index contributed by atoms with van der Waals surface area (Å²) in [5, 5.41) is 20.3. The first-order valence-corrected chi connectivity index (χ1v) is 6.56. The van der Waals surface area contributed by atoms with E-state index in [0.29, 0.717) is 5.92 Å². The van der Waals surface area contributed by atoms with Gasteiger partial charge in [-0.15, -0.1) is 6.58 Å². The standard InChI is InChI=1S/C14H26O2/c1-4-10(2)13(15)11(3)14(16)12-8-6-5-7-9-12/h4,10-16H,1,5-9H2,2-3H3. The second-order valence-electron chi connectivity index (χ2n) is 5.33. The second-order valence-corrected chi connectivity index (χ2v) is 5.33. The molecule has 1 aliphatic carbocycles. The minimum atomic E-state index is -0.477. The van der Waals surface area contributed by atoms with E-state index in [0.717, 1.165) is 12.8 Å². The highest BCUT2D eigenvalue weighted by Gasteiger charge is 2.31. The van der Waals surface area contributed by atoms with Crippen molar-refractivity contribution in [3.63, 3.8) is 0 Å². The maximum Gasteiger partial charge on any atom is 0.0650 e. The first-order chi connectivity index (χ1) is 7.57. The third-order valence-electron chi connectivity index (χ3n) is 4.12. The topological polar surface area (TPSA) is 40.5 Å². The smallest absolute Gasteiger partial charge is 0.0650 e. The van der Waals surface area contributed by atoms with Gasteiger partial charge in [0.15, 0.2) is 0 Å². The average Bonchev–Trinajstić information content (AvgIpc) is 2.36. The van der Waals surface area contributed by atoms with Crippen LogP contribution in [0.1, 0.15) is 46.0 Å². The molecule has 0 heterocycles. The van der Waals surface area contributed by atoms with E-state index in [1.165, 1.54) is 19.3 Å². The summed E-state index contributed by atoms with van der Waals surface area (Å²) >= 11 is 0. The summed E-state index contributed by atoms with van der Waals surface area (Å²) in [6.45, 7) is 7.59. The fraction of sp³-hybridized carbons (Fsp3) is 0.857. The van der Waals surface area contributed by atoms with E-state index in [4.69, 9.17) is 0 Å². The van der Waals surface area contributed by atoms with Gasteiger partial charge in [-0.3, -0.25) is 0 Å². The zero-order valence-electron chi connectivity index (χ0n) is 10.6. The third-order valence-corrected chi connectivity index (χ3v) is 4.12. The third kappa shape index (κ3) is 3.33. The summed E-state index contributed by atoms with van der Waals surface area (Å²) in [4.78, 5) is 0. The summed E-state index contributed by atoms with van der Waals surface area (Å²) in [5.74, 6) is 0.375. The zero-order valence-corrected chi connectivity index (χ0v) is 10.6. The van der Waals surface area contributed by atoms with Crippen LogP contribution in [0.2, 0.25) is 0 Å². The Morgan fingerprint density at radius 3 is 2.19 bits per heavy atom. The summed E-state index contributed by atoms with van der Waals surface area (Å²) in [7, 11) is 0. The highest BCUT2D eigenvalue weighted by Crippen LogP contribution is 2.31. The molecule has 0 bridgehead atoms. The summed E-state index contributed by atoms with van der Waals surface area (Å²) in [6.07, 6.45) is 6.88. The van der Waals surface area contributed by atoms with Crippen molar-refractivity contribution in [3.05, 3.63) is 12.7 Å². The molecule has 0 saturated heterocycles. The van der Waals surface area contributed by atoms with Gasteiger partial charge in [0, 0.05) is 11.8 Å². The highest BCUT2D eigenvalue weighted by molar-refractivity contribution is 4.88. The molecule has 2 N–H and O–H groups in total. The number of rotatable bonds is 5. The van der Waals surface area contributed by atoms with Gasteiger partial charge >= 0.3 is 0 Å². The van der Waals surface area contributed by atoms with Crippen LogP contribution in [0.3, 0.4) is 0 Å². The molecule has 1 aliphatic rings. The first-order valence-electron chi connectivity index (χ1n) is 6.56. The molecular formula is C14H26O2. The van der Waals surface area contributed by atoms with E-state index in [2.05, 4.69) is 6.58 Å². The lowest BCUT2D eigenvalue weighted by atomic mass is 9.77. The SMILES string of the molecule is C=CC(C)C(O)C(C)C(O)C1CCCCC1. The van der Waals surface area contributed by atoms with Crippen LogP contribution in [0, 0.1) is 17.8 Å². The lowest BCUT2D eigenvalue weighted by Gasteiger charge is -2.34. The zero-order chi connectivity index (χ0) is 12.1. The molecule has 94 valence electrons. The quantitative estimate of drug-likeness (QED) is 0.708. The summed E-state index contributed by atoms with van der Waals surface area (Å²) < 4.78 is 0. The van der Waals surface area contributed by atoms with Gasteiger partial charge in [0.05, 0.1) is 12.2 Å². The van der Waals surface area contributed by atoms with Crippen molar-refractivity contribution in [2.24, 2.45) is 17.8 Å². The number of hydrogen-bond donors (Lipinski definition) is 2. The van der Waals surface area contributed by atoms with Gasteiger partial charge in [-0.1, -0.05) is 39.2 Å². The molecule has 0 spiro atoms. The molecule has 0 amide bonds.